The van der Waals surface area contributed by atoms with Crippen molar-refractivity contribution in [2.24, 2.45) is 4.99 Å². The van der Waals surface area contributed by atoms with Crippen molar-refractivity contribution in [3.8, 4) is 0 Å². The first-order valence-corrected chi connectivity index (χ1v) is 5.79. The summed E-state index contributed by atoms with van der Waals surface area (Å²) in [6.07, 6.45) is 1.90. The number of aliphatic imine (C=N–C) groups is 1. The van der Waals surface area contributed by atoms with Crippen LogP contribution in [0.4, 0.5) is 0 Å². The summed E-state index contributed by atoms with van der Waals surface area (Å²) in [6.45, 7) is 3.64. The maximum atomic E-state index is 4.51. The van der Waals surface area contributed by atoms with Crippen LogP contribution in [0.15, 0.2) is 29.4 Å². The van der Waals surface area contributed by atoms with E-state index in [2.05, 4.69) is 38.6 Å². The monoisotopic (exact) mass is 229 g/mol. The third-order valence-electron chi connectivity index (χ3n) is 2.81. The van der Waals surface area contributed by atoms with Crippen molar-refractivity contribution in [3.63, 3.8) is 0 Å². The molecule has 0 amide bonds. The van der Waals surface area contributed by atoms with Gasteiger partial charge in [-0.25, -0.2) is 4.98 Å². The lowest BCUT2D eigenvalue weighted by molar-refractivity contribution is 0.712. The van der Waals surface area contributed by atoms with Crippen LogP contribution >= 0.6 is 0 Å². The minimum absolute atomic E-state index is 0.427. The number of H-pyrrole nitrogens is 1. The van der Waals surface area contributed by atoms with E-state index < -0.39 is 0 Å². The minimum atomic E-state index is 0.427. The van der Waals surface area contributed by atoms with Crippen LogP contribution in [-0.4, -0.2) is 28.5 Å². The first-order chi connectivity index (χ1) is 8.31. The van der Waals surface area contributed by atoms with Crippen LogP contribution in [0, 0.1) is 0 Å². The van der Waals surface area contributed by atoms with Crippen LogP contribution in [0.2, 0.25) is 0 Å². The van der Waals surface area contributed by atoms with Crippen molar-refractivity contribution in [2.75, 3.05) is 6.54 Å². The van der Waals surface area contributed by atoms with Crippen LogP contribution in [-0.2, 0) is 6.54 Å². The Morgan fingerprint density at radius 3 is 3.18 bits per heavy atom. The van der Waals surface area contributed by atoms with Gasteiger partial charge < -0.3 is 15.6 Å². The highest BCUT2D eigenvalue weighted by Gasteiger charge is 2.11. The summed E-state index contributed by atoms with van der Waals surface area (Å²) in [7, 11) is 0. The lowest BCUT2D eigenvalue weighted by Crippen LogP contribution is -2.37. The number of aromatic amines is 1. The van der Waals surface area contributed by atoms with Gasteiger partial charge in [0.15, 0.2) is 5.96 Å². The molecule has 3 heterocycles. The van der Waals surface area contributed by atoms with Crippen molar-refractivity contribution in [2.45, 2.75) is 19.5 Å². The SMILES string of the molecule is CC1CN=C(NCc2ccc3cc[nH]c3n2)N1. The number of hydrogen-bond acceptors (Lipinski definition) is 4. The number of hydrogen-bond donors (Lipinski definition) is 3. The van der Waals surface area contributed by atoms with E-state index in [1.54, 1.807) is 0 Å². The maximum absolute atomic E-state index is 4.51. The molecule has 0 radical (unpaired) electrons. The molecular weight excluding hydrogens is 214 g/mol. The van der Waals surface area contributed by atoms with Gasteiger partial charge in [-0.2, -0.15) is 0 Å². The number of guanidine groups is 1. The van der Waals surface area contributed by atoms with E-state index in [9.17, 15) is 0 Å². The van der Waals surface area contributed by atoms with Gasteiger partial charge in [0.1, 0.15) is 5.65 Å². The number of aromatic nitrogens is 2. The molecule has 0 aromatic carbocycles. The van der Waals surface area contributed by atoms with Crippen molar-refractivity contribution >= 4 is 17.0 Å². The van der Waals surface area contributed by atoms with E-state index in [-0.39, 0.29) is 0 Å². The van der Waals surface area contributed by atoms with Gasteiger partial charge >= 0.3 is 0 Å². The molecule has 88 valence electrons. The fourth-order valence-corrected chi connectivity index (χ4v) is 1.90. The standard InChI is InChI=1S/C12H15N5/c1-8-6-14-12(16-8)15-7-10-3-2-9-4-5-13-11(9)17-10/h2-5,8H,6-7H2,1H3,(H,13,17)(H2,14,15,16). The first-order valence-electron chi connectivity index (χ1n) is 5.79. The predicted molar refractivity (Wildman–Crippen MR) is 67.8 cm³/mol. The number of nitrogens with one attached hydrogen (secondary N) is 3. The summed E-state index contributed by atoms with van der Waals surface area (Å²) in [6, 6.07) is 6.55. The Balaban J connectivity index is 1.68. The van der Waals surface area contributed by atoms with Gasteiger partial charge in [-0.3, -0.25) is 4.99 Å². The molecular formula is C12H15N5. The fraction of sp³-hybridized carbons (Fsp3) is 0.333. The zero-order valence-corrected chi connectivity index (χ0v) is 9.70. The van der Waals surface area contributed by atoms with E-state index in [1.165, 1.54) is 0 Å². The molecule has 0 spiro atoms. The van der Waals surface area contributed by atoms with E-state index in [4.69, 9.17) is 0 Å². The number of nitrogens with zero attached hydrogens (tertiary/aromatic N) is 2. The average molecular weight is 229 g/mol. The van der Waals surface area contributed by atoms with E-state index >= 15 is 0 Å². The highest BCUT2D eigenvalue weighted by molar-refractivity contribution is 5.81. The van der Waals surface area contributed by atoms with Crippen LogP contribution in [0.1, 0.15) is 12.6 Å². The average Bonchev–Trinajstić information content (AvgIpc) is 2.94. The number of fused-ring (bicyclic) bond motifs is 1. The van der Waals surface area contributed by atoms with Crippen LogP contribution in [0.5, 0.6) is 0 Å². The molecule has 0 saturated heterocycles. The summed E-state index contributed by atoms with van der Waals surface area (Å²) in [4.78, 5) is 12.0. The van der Waals surface area contributed by atoms with Crippen molar-refractivity contribution in [1.82, 2.24) is 20.6 Å². The summed E-state index contributed by atoms with van der Waals surface area (Å²) >= 11 is 0. The van der Waals surface area contributed by atoms with Gasteiger partial charge in [-0.15, -0.1) is 0 Å². The Bertz CT molecular complexity index is 557. The van der Waals surface area contributed by atoms with Gasteiger partial charge in [0.05, 0.1) is 18.8 Å². The summed E-state index contributed by atoms with van der Waals surface area (Å²) in [5, 5.41) is 7.64. The molecule has 1 atom stereocenters. The van der Waals surface area contributed by atoms with E-state index in [1.807, 2.05) is 18.3 Å². The lowest BCUT2D eigenvalue weighted by Gasteiger charge is -2.08. The smallest absolute Gasteiger partial charge is 0.191 e. The van der Waals surface area contributed by atoms with Gasteiger partial charge in [-0.05, 0) is 25.1 Å². The molecule has 5 heteroatoms. The second-order valence-electron chi connectivity index (χ2n) is 4.31. The maximum Gasteiger partial charge on any atom is 0.191 e. The van der Waals surface area contributed by atoms with Crippen LogP contribution in [0.3, 0.4) is 0 Å². The van der Waals surface area contributed by atoms with Crippen molar-refractivity contribution < 1.29 is 0 Å². The summed E-state index contributed by atoms with van der Waals surface area (Å²) in [5.41, 5.74) is 1.93. The Morgan fingerprint density at radius 1 is 1.41 bits per heavy atom. The van der Waals surface area contributed by atoms with Crippen LogP contribution < -0.4 is 10.6 Å². The Hall–Kier alpha value is -2.04. The van der Waals surface area contributed by atoms with E-state index in [0.717, 1.165) is 29.2 Å². The van der Waals surface area contributed by atoms with Gasteiger partial charge in [0, 0.05) is 17.6 Å². The van der Waals surface area contributed by atoms with Crippen LogP contribution in [0.25, 0.3) is 11.0 Å². The largest absolute Gasteiger partial charge is 0.352 e. The number of rotatable bonds is 2. The Kier molecular flexibility index (Phi) is 2.44. The van der Waals surface area contributed by atoms with E-state index in [0.29, 0.717) is 12.6 Å². The zero-order valence-electron chi connectivity index (χ0n) is 9.70. The van der Waals surface area contributed by atoms with Gasteiger partial charge in [0.25, 0.3) is 0 Å². The second-order valence-corrected chi connectivity index (χ2v) is 4.31. The molecule has 3 N–H and O–H groups in total. The molecule has 0 bridgehead atoms. The molecule has 2 aromatic heterocycles. The van der Waals surface area contributed by atoms with Crippen molar-refractivity contribution in [1.29, 1.82) is 0 Å². The highest BCUT2D eigenvalue weighted by Crippen LogP contribution is 2.09. The molecule has 0 saturated carbocycles. The summed E-state index contributed by atoms with van der Waals surface area (Å²) in [5.74, 6) is 0.867. The topological polar surface area (TPSA) is 65.1 Å². The van der Waals surface area contributed by atoms with Crippen molar-refractivity contribution in [3.05, 3.63) is 30.1 Å². The molecule has 2 aromatic rings. The second kappa shape index (κ2) is 4.08. The molecule has 3 rings (SSSR count). The molecule has 17 heavy (non-hydrogen) atoms. The van der Waals surface area contributed by atoms with Gasteiger partial charge in [0.2, 0.25) is 0 Å². The Morgan fingerprint density at radius 2 is 2.35 bits per heavy atom. The molecule has 5 nitrogen and oxygen atoms in total. The molecule has 1 aliphatic heterocycles. The fourth-order valence-electron chi connectivity index (χ4n) is 1.90. The molecule has 0 aliphatic carbocycles. The quantitative estimate of drug-likeness (QED) is 0.720. The summed E-state index contributed by atoms with van der Waals surface area (Å²) < 4.78 is 0. The normalized spacial score (nSPS) is 19.1. The zero-order chi connectivity index (χ0) is 11.7. The lowest BCUT2D eigenvalue weighted by atomic mass is 10.3. The molecule has 0 fully saturated rings. The van der Waals surface area contributed by atoms with Gasteiger partial charge in [-0.1, -0.05) is 0 Å². The Labute approximate surface area is 99.4 Å². The minimum Gasteiger partial charge on any atom is -0.352 e. The molecule has 1 aliphatic rings. The molecule has 1 unspecified atom stereocenters. The first kappa shape index (κ1) is 10.1. The third kappa shape index (κ3) is 2.08. The predicted octanol–water partition coefficient (Wildman–Crippen LogP) is 1.00. The third-order valence-corrected chi connectivity index (χ3v) is 2.81. The number of pyridine rings is 1. The highest BCUT2D eigenvalue weighted by atomic mass is 15.2.